The molecule has 3 rings (SSSR count). The van der Waals surface area contributed by atoms with Crippen molar-refractivity contribution in [2.45, 2.75) is 39.7 Å². The Morgan fingerprint density at radius 2 is 2.08 bits per heavy atom. The van der Waals surface area contributed by atoms with Crippen LogP contribution >= 0.6 is 11.8 Å². The van der Waals surface area contributed by atoms with Gasteiger partial charge in [0.25, 0.3) is 5.24 Å². The first kappa shape index (κ1) is 17.5. The Kier molecular flexibility index (Phi) is 5.13. The lowest BCUT2D eigenvalue weighted by molar-refractivity contribution is -0.107. The Morgan fingerprint density at radius 3 is 2.76 bits per heavy atom. The van der Waals surface area contributed by atoms with Crippen LogP contribution in [0.15, 0.2) is 47.8 Å². The van der Waals surface area contributed by atoms with E-state index in [1.807, 2.05) is 12.1 Å². The summed E-state index contributed by atoms with van der Waals surface area (Å²) in [5.41, 5.74) is 3.79. The molecule has 1 N–H and O–H groups in total. The standard InChI is InChI=1S/C20H22N2O2S/c1-13(2)6-4-7-14(3)22-11-10-16-15(8-5-9-18(16)22)12-17-19(23)25-20(24)21-17/h5-6,8-12,14H,4,7H2,1-3H3,(H,21,24). The van der Waals surface area contributed by atoms with E-state index in [0.29, 0.717) is 23.5 Å². The summed E-state index contributed by atoms with van der Waals surface area (Å²) in [6, 6.07) is 8.52. The maximum absolute atomic E-state index is 11.8. The van der Waals surface area contributed by atoms with Crippen molar-refractivity contribution in [3.63, 3.8) is 0 Å². The number of benzene rings is 1. The van der Waals surface area contributed by atoms with Crippen molar-refractivity contribution in [3.05, 3.63) is 53.4 Å². The second-order valence-corrected chi connectivity index (χ2v) is 7.52. The van der Waals surface area contributed by atoms with Crippen LogP contribution in [0.4, 0.5) is 4.79 Å². The van der Waals surface area contributed by atoms with Crippen LogP contribution in [-0.4, -0.2) is 14.9 Å². The molecule has 0 radical (unpaired) electrons. The van der Waals surface area contributed by atoms with E-state index in [1.54, 1.807) is 6.08 Å². The highest BCUT2D eigenvalue weighted by molar-refractivity contribution is 8.27. The Morgan fingerprint density at radius 1 is 1.28 bits per heavy atom. The largest absolute Gasteiger partial charge is 0.345 e. The first-order chi connectivity index (χ1) is 12.0. The molecule has 0 bridgehead atoms. The summed E-state index contributed by atoms with van der Waals surface area (Å²) in [6.07, 6.45) is 8.27. The molecule has 1 atom stereocenters. The van der Waals surface area contributed by atoms with Crippen LogP contribution in [0.5, 0.6) is 0 Å². The number of rotatable bonds is 5. The second-order valence-electron chi connectivity index (χ2n) is 6.57. The molecule has 1 aliphatic rings. The molecule has 130 valence electrons. The smallest absolute Gasteiger partial charge is 0.291 e. The summed E-state index contributed by atoms with van der Waals surface area (Å²) in [7, 11) is 0. The number of hydrogen-bond donors (Lipinski definition) is 1. The van der Waals surface area contributed by atoms with E-state index in [-0.39, 0.29) is 10.4 Å². The Hall–Kier alpha value is -2.27. The van der Waals surface area contributed by atoms with Crippen molar-refractivity contribution in [1.29, 1.82) is 0 Å². The topological polar surface area (TPSA) is 51.1 Å². The molecule has 1 amide bonds. The van der Waals surface area contributed by atoms with Crippen LogP contribution in [0.25, 0.3) is 17.0 Å². The van der Waals surface area contributed by atoms with Crippen LogP contribution in [-0.2, 0) is 4.79 Å². The van der Waals surface area contributed by atoms with Gasteiger partial charge >= 0.3 is 0 Å². The molecule has 4 nitrogen and oxygen atoms in total. The molecule has 2 heterocycles. The van der Waals surface area contributed by atoms with Crippen molar-refractivity contribution in [2.24, 2.45) is 0 Å². The minimum absolute atomic E-state index is 0.225. The van der Waals surface area contributed by atoms with Gasteiger partial charge in [-0.25, -0.2) is 0 Å². The van der Waals surface area contributed by atoms with Crippen LogP contribution in [0, 0.1) is 0 Å². The number of carbonyl (C=O) groups excluding carboxylic acids is 2. The lowest BCUT2D eigenvalue weighted by Crippen LogP contribution is -2.10. The fourth-order valence-electron chi connectivity index (χ4n) is 3.05. The third-order valence-corrected chi connectivity index (χ3v) is 5.04. The maximum Gasteiger partial charge on any atom is 0.291 e. The van der Waals surface area contributed by atoms with Gasteiger partial charge in [-0.15, -0.1) is 0 Å². The highest BCUT2D eigenvalue weighted by Gasteiger charge is 2.25. The minimum Gasteiger partial charge on any atom is -0.345 e. The quantitative estimate of drug-likeness (QED) is 0.587. The van der Waals surface area contributed by atoms with Gasteiger partial charge in [-0.1, -0.05) is 23.8 Å². The predicted octanol–water partition coefficient (Wildman–Crippen LogP) is 5.27. The zero-order valence-electron chi connectivity index (χ0n) is 14.7. The van der Waals surface area contributed by atoms with Gasteiger partial charge in [0.2, 0.25) is 5.12 Å². The number of thioether (sulfide) groups is 1. The fourth-order valence-corrected chi connectivity index (χ4v) is 3.60. The van der Waals surface area contributed by atoms with Crippen molar-refractivity contribution < 1.29 is 9.59 Å². The van der Waals surface area contributed by atoms with Gasteiger partial charge in [0, 0.05) is 34.9 Å². The molecular weight excluding hydrogens is 332 g/mol. The van der Waals surface area contributed by atoms with E-state index >= 15 is 0 Å². The molecule has 25 heavy (non-hydrogen) atoms. The zero-order chi connectivity index (χ0) is 18.0. The minimum atomic E-state index is -0.311. The number of hydrogen-bond acceptors (Lipinski definition) is 3. The molecule has 1 aromatic heterocycles. The van der Waals surface area contributed by atoms with Crippen molar-refractivity contribution in [1.82, 2.24) is 9.88 Å². The van der Waals surface area contributed by atoms with E-state index in [9.17, 15) is 9.59 Å². The SMILES string of the molecule is CC(C)=CCCC(C)n1ccc2c(C=C3NC(=O)SC3=O)cccc21. The Balaban J connectivity index is 1.90. The number of aromatic nitrogens is 1. The Bertz CT molecular complexity index is 888. The summed E-state index contributed by atoms with van der Waals surface area (Å²) in [5, 5.41) is 3.16. The normalized spacial score (nSPS) is 17.2. The summed E-state index contributed by atoms with van der Waals surface area (Å²) < 4.78 is 2.28. The lowest BCUT2D eigenvalue weighted by atomic mass is 10.1. The number of nitrogens with one attached hydrogen (secondary N) is 1. The number of fused-ring (bicyclic) bond motifs is 1. The zero-order valence-corrected chi connectivity index (χ0v) is 15.5. The summed E-state index contributed by atoms with van der Waals surface area (Å²) in [6.45, 7) is 6.47. The van der Waals surface area contributed by atoms with Crippen LogP contribution in [0.1, 0.15) is 45.2 Å². The number of allylic oxidation sites excluding steroid dienone is 2. The lowest BCUT2D eigenvalue weighted by Gasteiger charge is -2.15. The molecular formula is C20H22N2O2S. The van der Waals surface area contributed by atoms with E-state index in [4.69, 9.17) is 0 Å². The molecule has 1 fully saturated rings. The first-order valence-corrected chi connectivity index (χ1v) is 9.25. The molecule has 1 unspecified atom stereocenters. The van der Waals surface area contributed by atoms with Crippen molar-refractivity contribution in [3.8, 4) is 0 Å². The predicted molar refractivity (Wildman–Crippen MR) is 104 cm³/mol. The molecule has 0 saturated carbocycles. The van der Waals surface area contributed by atoms with E-state index in [2.05, 4.69) is 55.1 Å². The monoisotopic (exact) mass is 354 g/mol. The second kappa shape index (κ2) is 7.31. The number of nitrogens with zero attached hydrogens (tertiary/aromatic N) is 1. The van der Waals surface area contributed by atoms with Gasteiger partial charge in [0.15, 0.2) is 0 Å². The van der Waals surface area contributed by atoms with Gasteiger partial charge < -0.3 is 9.88 Å². The molecule has 1 saturated heterocycles. The van der Waals surface area contributed by atoms with Crippen molar-refractivity contribution >= 4 is 39.1 Å². The summed E-state index contributed by atoms with van der Waals surface area (Å²) >= 11 is 0.707. The number of amides is 1. The van der Waals surface area contributed by atoms with Crippen molar-refractivity contribution in [2.75, 3.05) is 0 Å². The average Bonchev–Trinajstić information content (AvgIpc) is 3.11. The summed E-state index contributed by atoms with van der Waals surface area (Å²) in [4.78, 5) is 23.2. The van der Waals surface area contributed by atoms with Gasteiger partial charge in [-0.2, -0.15) is 0 Å². The van der Waals surface area contributed by atoms with Crippen LogP contribution in [0.2, 0.25) is 0 Å². The van der Waals surface area contributed by atoms with Gasteiger partial charge in [0.1, 0.15) is 0 Å². The molecule has 0 aliphatic carbocycles. The third kappa shape index (κ3) is 3.87. The molecule has 1 aromatic carbocycles. The van der Waals surface area contributed by atoms with E-state index in [0.717, 1.165) is 29.3 Å². The first-order valence-electron chi connectivity index (χ1n) is 8.43. The molecule has 0 spiro atoms. The van der Waals surface area contributed by atoms with E-state index in [1.165, 1.54) is 5.57 Å². The van der Waals surface area contributed by atoms with Gasteiger partial charge in [-0.3, -0.25) is 9.59 Å². The Labute approximate surface area is 152 Å². The third-order valence-electron chi connectivity index (χ3n) is 4.35. The molecule has 5 heteroatoms. The number of carbonyl (C=O) groups is 2. The highest BCUT2D eigenvalue weighted by atomic mass is 32.2. The van der Waals surface area contributed by atoms with Gasteiger partial charge in [-0.05, 0) is 57.4 Å². The highest BCUT2D eigenvalue weighted by Crippen LogP contribution is 2.28. The van der Waals surface area contributed by atoms with Gasteiger partial charge in [0.05, 0.1) is 5.70 Å². The maximum atomic E-state index is 11.8. The summed E-state index contributed by atoms with van der Waals surface area (Å²) in [5.74, 6) is 0. The van der Waals surface area contributed by atoms with E-state index < -0.39 is 0 Å². The average molecular weight is 354 g/mol. The molecule has 2 aromatic rings. The molecule has 1 aliphatic heterocycles. The van der Waals surface area contributed by atoms with Crippen LogP contribution in [0.3, 0.4) is 0 Å². The van der Waals surface area contributed by atoms with Crippen LogP contribution < -0.4 is 5.32 Å². The fraction of sp³-hybridized carbons (Fsp3) is 0.300.